The Kier molecular flexibility index (Phi) is 7.74. The standard InChI is InChI=1S/C19H26ClN3O2.ClH/c1-13(14-6-9-21-10-7-14)12-18(24)22-16-8-11-23(19(16)25)17-5-3-2-4-15(17)20;/h2-5,13-14,16,21H,6-12H2,1H3,(H,22,24);1H. The Bertz CT molecular complexity index is 635. The summed E-state index contributed by atoms with van der Waals surface area (Å²) in [5.74, 6) is 0.838. The van der Waals surface area contributed by atoms with E-state index in [1.807, 2.05) is 18.2 Å². The van der Waals surface area contributed by atoms with Gasteiger partial charge in [0, 0.05) is 13.0 Å². The van der Waals surface area contributed by atoms with E-state index in [1.165, 1.54) is 0 Å². The number of halogens is 2. The average molecular weight is 400 g/mol. The second-order valence-electron chi connectivity index (χ2n) is 7.12. The average Bonchev–Trinajstić information content (AvgIpc) is 2.96. The first-order valence-electron chi connectivity index (χ1n) is 9.12. The lowest BCUT2D eigenvalue weighted by molar-refractivity contribution is -0.127. The maximum absolute atomic E-state index is 12.6. The molecule has 144 valence electrons. The van der Waals surface area contributed by atoms with Crippen LogP contribution in [0.1, 0.15) is 32.6 Å². The van der Waals surface area contributed by atoms with E-state index in [0.717, 1.165) is 25.9 Å². The van der Waals surface area contributed by atoms with Gasteiger partial charge in [-0.3, -0.25) is 9.59 Å². The van der Waals surface area contributed by atoms with Gasteiger partial charge in [0.25, 0.3) is 0 Å². The van der Waals surface area contributed by atoms with E-state index in [0.29, 0.717) is 41.9 Å². The Labute approximate surface area is 166 Å². The first-order valence-corrected chi connectivity index (χ1v) is 9.50. The molecule has 2 saturated heterocycles. The highest BCUT2D eigenvalue weighted by Gasteiger charge is 2.34. The van der Waals surface area contributed by atoms with Crippen LogP contribution in [0.25, 0.3) is 0 Å². The molecule has 2 fully saturated rings. The van der Waals surface area contributed by atoms with Gasteiger partial charge in [-0.05, 0) is 56.3 Å². The Morgan fingerprint density at radius 3 is 2.69 bits per heavy atom. The van der Waals surface area contributed by atoms with Crippen LogP contribution in [0.4, 0.5) is 5.69 Å². The van der Waals surface area contributed by atoms with Gasteiger partial charge in [-0.2, -0.15) is 0 Å². The molecule has 2 amide bonds. The van der Waals surface area contributed by atoms with Crippen LogP contribution in [0.2, 0.25) is 5.02 Å². The topological polar surface area (TPSA) is 61.4 Å². The molecule has 3 rings (SSSR count). The highest BCUT2D eigenvalue weighted by atomic mass is 35.5. The van der Waals surface area contributed by atoms with Gasteiger partial charge in [-0.25, -0.2) is 0 Å². The van der Waals surface area contributed by atoms with Gasteiger partial charge in [0.2, 0.25) is 11.8 Å². The summed E-state index contributed by atoms with van der Waals surface area (Å²) in [5.41, 5.74) is 0.717. The number of amides is 2. The lowest BCUT2D eigenvalue weighted by Crippen LogP contribution is -2.42. The molecule has 2 unspecified atom stereocenters. The lowest BCUT2D eigenvalue weighted by Gasteiger charge is -2.28. The molecule has 0 saturated carbocycles. The van der Waals surface area contributed by atoms with Crippen LogP contribution < -0.4 is 15.5 Å². The highest BCUT2D eigenvalue weighted by molar-refractivity contribution is 6.34. The third kappa shape index (κ3) is 4.90. The molecule has 1 aromatic carbocycles. The summed E-state index contributed by atoms with van der Waals surface area (Å²) in [7, 11) is 0. The predicted octanol–water partition coefficient (Wildman–Crippen LogP) is 3.01. The van der Waals surface area contributed by atoms with E-state index in [1.54, 1.807) is 11.0 Å². The number of rotatable bonds is 5. The van der Waals surface area contributed by atoms with Crippen LogP contribution in [-0.2, 0) is 9.59 Å². The van der Waals surface area contributed by atoms with Crippen molar-refractivity contribution in [3.63, 3.8) is 0 Å². The molecular weight excluding hydrogens is 373 g/mol. The van der Waals surface area contributed by atoms with E-state index >= 15 is 0 Å². The van der Waals surface area contributed by atoms with Crippen molar-refractivity contribution in [3.05, 3.63) is 29.3 Å². The van der Waals surface area contributed by atoms with Crippen molar-refractivity contribution in [3.8, 4) is 0 Å². The van der Waals surface area contributed by atoms with Gasteiger partial charge in [-0.15, -0.1) is 12.4 Å². The second-order valence-corrected chi connectivity index (χ2v) is 7.53. The fourth-order valence-corrected chi connectivity index (χ4v) is 4.09. The predicted molar refractivity (Wildman–Crippen MR) is 107 cm³/mol. The van der Waals surface area contributed by atoms with E-state index in [2.05, 4.69) is 17.6 Å². The van der Waals surface area contributed by atoms with E-state index < -0.39 is 6.04 Å². The highest BCUT2D eigenvalue weighted by Crippen LogP contribution is 2.29. The number of piperidine rings is 1. The zero-order valence-corrected chi connectivity index (χ0v) is 16.6. The number of carbonyl (C=O) groups is 2. The van der Waals surface area contributed by atoms with Crippen LogP contribution in [-0.4, -0.2) is 37.5 Å². The molecule has 0 spiro atoms. The number of hydrogen-bond donors (Lipinski definition) is 2. The Balaban J connectivity index is 0.00000243. The summed E-state index contributed by atoms with van der Waals surface area (Å²) in [5, 5.41) is 6.84. The van der Waals surface area contributed by atoms with Crippen molar-refractivity contribution in [2.45, 2.75) is 38.6 Å². The molecule has 2 aliphatic rings. The summed E-state index contributed by atoms with van der Waals surface area (Å²) in [6.07, 6.45) is 3.35. The smallest absolute Gasteiger partial charge is 0.249 e. The van der Waals surface area contributed by atoms with Crippen molar-refractivity contribution in [2.24, 2.45) is 11.8 Å². The van der Waals surface area contributed by atoms with Gasteiger partial charge in [0.1, 0.15) is 6.04 Å². The molecule has 7 heteroatoms. The molecule has 0 aromatic heterocycles. The van der Waals surface area contributed by atoms with Crippen molar-refractivity contribution >= 4 is 41.5 Å². The number of nitrogens with zero attached hydrogens (tertiary/aromatic N) is 1. The number of hydrogen-bond acceptors (Lipinski definition) is 3. The van der Waals surface area contributed by atoms with E-state index in [9.17, 15) is 9.59 Å². The minimum atomic E-state index is -0.441. The Morgan fingerprint density at radius 2 is 2.00 bits per heavy atom. The summed E-state index contributed by atoms with van der Waals surface area (Å²) in [6, 6.07) is 6.87. The normalized spacial score (nSPS) is 22.0. The monoisotopic (exact) mass is 399 g/mol. The third-order valence-electron chi connectivity index (χ3n) is 5.38. The van der Waals surface area contributed by atoms with Gasteiger partial charge >= 0.3 is 0 Å². The minimum absolute atomic E-state index is 0. The lowest BCUT2D eigenvalue weighted by atomic mass is 9.84. The zero-order valence-electron chi connectivity index (χ0n) is 15.0. The first kappa shape index (κ1) is 21.0. The molecule has 0 radical (unpaired) electrons. The summed E-state index contributed by atoms with van der Waals surface area (Å²) in [6.45, 7) is 4.79. The summed E-state index contributed by atoms with van der Waals surface area (Å²) >= 11 is 6.19. The maximum Gasteiger partial charge on any atom is 0.249 e. The van der Waals surface area contributed by atoms with Crippen LogP contribution >= 0.6 is 24.0 Å². The molecule has 2 aliphatic heterocycles. The largest absolute Gasteiger partial charge is 0.344 e. The van der Waals surface area contributed by atoms with Crippen LogP contribution in [0.15, 0.2) is 24.3 Å². The Morgan fingerprint density at radius 1 is 1.31 bits per heavy atom. The molecule has 1 aromatic rings. The Hall–Kier alpha value is -1.30. The van der Waals surface area contributed by atoms with Crippen LogP contribution in [0, 0.1) is 11.8 Å². The number of nitrogens with one attached hydrogen (secondary N) is 2. The quantitative estimate of drug-likeness (QED) is 0.799. The fraction of sp³-hybridized carbons (Fsp3) is 0.579. The maximum atomic E-state index is 12.6. The molecule has 0 bridgehead atoms. The molecule has 2 atom stereocenters. The van der Waals surface area contributed by atoms with Gasteiger partial charge < -0.3 is 15.5 Å². The fourth-order valence-electron chi connectivity index (χ4n) is 3.85. The third-order valence-corrected chi connectivity index (χ3v) is 5.70. The molecule has 26 heavy (non-hydrogen) atoms. The van der Waals surface area contributed by atoms with Gasteiger partial charge in [0.05, 0.1) is 10.7 Å². The zero-order chi connectivity index (χ0) is 17.8. The van der Waals surface area contributed by atoms with Crippen molar-refractivity contribution in [2.75, 3.05) is 24.5 Å². The molecule has 0 aliphatic carbocycles. The van der Waals surface area contributed by atoms with Crippen molar-refractivity contribution < 1.29 is 9.59 Å². The van der Waals surface area contributed by atoms with Crippen LogP contribution in [0.3, 0.4) is 0 Å². The van der Waals surface area contributed by atoms with Crippen molar-refractivity contribution in [1.29, 1.82) is 0 Å². The number of benzene rings is 1. The van der Waals surface area contributed by atoms with Crippen LogP contribution in [0.5, 0.6) is 0 Å². The first-order chi connectivity index (χ1) is 12.1. The number of anilines is 1. The van der Waals surface area contributed by atoms with Gasteiger partial charge in [0.15, 0.2) is 0 Å². The SMILES string of the molecule is CC(CC(=O)NC1CCN(c2ccccc2Cl)C1=O)C1CCNCC1.Cl. The summed E-state index contributed by atoms with van der Waals surface area (Å²) < 4.78 is 0. The van der Waals surface area contributed by atoms with E-state index in [-0.39, 0.29) is 24.2 Å². The number of para-hydroxylation sites is 1. The minimum Gasteiger partial charge on any atom is -0.344 e. The molecule has 2 heterocycles. The molecule has 2 N–H and O–H groups in total. The molecular formula is C19H27Cl2N3O2. The number of carbonyl (C=O) groups excluding carboxylic acids is 2. The van der Waals surface area contributed by atoms with Gasteiger partial charge in [-0.1, -0.05) is 30.7 Å². The molecule has 5 nitrogen and oxygen atoms in total. The van der Waals surface area contributed by atoms with Crippen molar-refractivity contribution in [1.82, 2.24) is 10.6 Å². The second kappa shape index (κ2) is 9.58. The van der Waals surface area contributed by atoms with E-state index in [4.69, 9.17) is 11.6 Å². The summed E-state index contributed by atoms with van der Waals surface area (Å²) in [4.78, 5) is 26.7.